The third-order valence-electron chi connectivity index (χ3n) is 31.0. The van der Waals surface area contributed by atoms with Gasteiger partial charge in [-0.3, -0.25) is 38.4 Å². The Bertz CT molecular complexity index is 4200. The van der Waals surface area contributed by atoms with Crippen molar-refractivity contribution >= 4 is 58.5 Å². The number of cyclic esters (lactones) is 2. The molecule has 0 aromatic rings. The van der Waals surface area contributed by atoms with Crippen molar-refractivity contribution in [2.75, 3.05) is 61.9 Å². The highest BCUT2D eigenvalue weighted by molar-refractivity contribution is 6.39. The van der Waals surface area contributed by atoms with E-state index in [0.717, 1.165) is 56.1 Å². The van der Waals surface area contributed by atoms with E-state index in [1.807, 2.05) is 116 Å². The van der Waals surface area contributed by atoms with E-state index in [-0.39, 0.29) is 117 Å². The molecule has 0 aromatic carbocycles. The maximum absolute atomic E-state index is 14.5. The van der Waals surface area contributed by atoms with Gasteiger partial charge in [0, 0.05) is 123 Å². The van der Waals surface area contributed by atoms with Crippen molar-refractivity contribution in [3.8, 4) is 0 Å². The third kappa shape index (κ3) is 38.3. The fraction of sp³-hybridized carbons (Fsp3) is 0.772. The Morgan fingerprint density at radius 2 is 0.832 bits per heavy atom. The molecule has 29 nitrogen and oxygen atoms in total. The summed E-state index contributed by atoms with van der Waals surface area (Å²) in [7, 11) is 7.48. The molecule has 814 valence electrons. The fourth-order valence-electron chi connectivity index (χ4n) is 21.4. The number of carbonyl (C=O) groups is 10. The number of carbonyl (C=O) groups excluding carboxylic acids is 10. The number of nitrogens with zero attached hydrogens (tertiary/aromatic N) is 2. The van der Waals surface area contributed by atoms with E-state index in [0.29, 0.717) is 140 Å². The fourth-order valence-corrected chi connectivity index (χ4v) is 21.4. The molecule has 6 aliphatic heterocycles. The monoisotopic (exact) mass is 2020 g/mol. The van der Waals surface area contributed by atoms with E-state index in [1.54, 1.807) is 75.0 Å². The lowest BCUT2D eigenvalue weighted by Crippen LogP contribution is -2.61. The van der Waals surface area contributed by atoms with Crippen molar-refractivity contribution in [1.82, 2.24) is 9.80 Å². The number of ether oxygens (including phenoxy) is 10. The molecule has 0 radical (unpaired) electrons. The van der Waals surface area contributed by atoms with Crippen LogP contribution in [0.1, 0.15) is 324 Å². The number of ketones is 6. The number of aliphatic hydroxyl groups is 7. The molecular weight excluding hydrogens is 1830 g/mol. The number of unbranched alkanes of at least 4 members (excludes halogenated alkanes) is 6. The van der Waals surface area contributed by atoms with Crippen LogP contribution in [-0.4, -0.2) is 275 Å². The summed E-state index contributed by atoms with van der Waals surface area (Å²) >= 11 is 0. The smallest absolute Gasteiger partial charge is 0.329 e. The molecule has 29 heteroatoms. The summed E-state index contributed by atoms with van der Waals surface area (Å²) in [6, 6.07) is -2.28. The summed E-state index contributed by atoms with van der Waals surface area (Å²) < 4.78 is 59.6. The van der Waals surface area contributed by atoms with Gasteiger partial charge in [0.2, 0.25) is 11.6 Å². The van der Waals surface area contributed by atoms with Gasteiger partial charge < -0.3 is 92.9 Å². The van der Waals surface area contributed by atoms with Crippen molar-refractivity contribution in [2.45, 2.75) is 433 Å². The maximum Gasteiger partial charge on any atom is 0.329 e. The standard InChI is InChI=1S/C56H89NO13.C51H79NO13.C6H14O.CH4/c1-11-12-13-19-28-68-47-33-43-25-23-41(8)56(65,70-43)53(62)54(63)57-27-18-17-22-44(57)55(64)69-48(38(5)31-42-24-26-45(58)49(32-42)66-9)34-46(59)37(4)30-40(7)51(61)52(67-10)50(60)39(6)29-35(2)20-15-14-16-21-36(47)3;1-30-16-12-11-13-17-31(2)42(61-8)28-38-21-19-36(7)51(60,65-38)48(57)49(58)52-23-15-14-18-39(52)50(59)64-43(33(4)26-37-20-22-40(53)44(27-37)62-9)29-41(54)32(3)25-35(6)46(56)47(63-10)45(55)34(5)24-30;1-2-3-4-5-6-7;/h14-16,20-21,30,35,37-39,41-45,47-49,51-52,58,61,65H,11-13,17-19,22-29,31-34H2,1-10H3;11-13,16-17,25,30,32-34,36-40,42-44,46-47,53,56,60H,14-15,18-24,26-29H2,1-10H3;7H,2-6H2,1H3;1H4/b16-14?,20-15+,36-21?,40-30+;13-11?,16-12+,31-17?,35-25+;;/t35-,37-,38-,39-,41-,42+,43+,44+,45-,47?,48+,49-,51-,52+,56-;30-,32-,33-,34-,36-,37+,38+,39+,40-,42?,43+,44-,46-,47+,51-;;/m11../s1. The van der Waals surface area contributed by atoms with E-state index in [2.05, 4.69) is 13.8 Å². The average Bonchev–Trinajstić information content (AvgIpc) is 0.778. The molecule has 2 aliphatic carbocycles. The number of hydrogen-bond acceptors (Lipinski definition) is 27. The highest BCUT2D eigenvalue weighted by atomic mass is 16.6. The SMILES string of the molecule is C.CCCCCCO.CCCCCCOC1C[C@@H]2CC[C@@H](C)[C@@](O)(O2)C(=O)C(=O)N2CCCC[C@H]2C(=O)O[C@H]([C@H](C)C[C@@H]2CC[C@@H](O)[C@H](OC)C2)CC(=O)[C@H](C)/C=C(\C)[C@@H](O)[C@@H](OC)C(=O)[C@H](C)C[C@H](C)/C=C/C=CC=C1C.COC1C[C@@H]2CC[C@@H](C)[C@@](O)(O2)C(=O)C(=O)N2CCCC[C@H]2C(=O)O[C@H]([C@H](C)C[C@@H]2CC[C@@H](O)[C@H](OC)C2)CC(=O)[C@H](C)/C=C(\C)[C@@H](O)[C@@H](OC)C(=O)[C@H](C)C[C@H](C)/C=C/C=CC=C1C. The number of esters is 2. The zero-order valence-corrected chi connectivity index (χ0v) is 89.7. The van der Waals surface area contributed by atoms with Crippen LogP contribution in [0.15, 0.2) is 95.2 Å². The van der Waals surface area contributed by atoms with E-state index < -0.39 is 168 Å². The van der Waals surface area contributed by atoms with Crippen LogP contribution in [0.5, 0.6) is 0 Å². The van der Waals surface area contributed by atoms with Gasteiger partial charge in [0.15, 0.2) is 11.6 Å². The molecule has 0 spiro atoms. The van der Waals surface area contributed by atoms with Gasteiger partial charge in [0.05, 0.1) is 48.8 Å². The zero-order valence-electron chi connectivity index (χ0n) is 89.7. The molecule has 6 heterocycles. The second-order valence-corrected chi connectivity index (χ2v) is 42.7. The second kappa shape index (κ2) is 63.9. The number of aliphatic hydroxyl groups excluding tert-OH is 5. The minimum Gasteiger partial charge on any atom is -0.460 e. The summed E-state index contributed by atoms with van der Waals surface area (Å²) in [6.45, 7) is 30.8. The predicted octanol–water partition coefficient (Wildman–Crippen LogP) is 16.5. The minimum absolute atomic E-state index is 0. The molecular formula is C114H186N2O27. The van der Waals surface area contributed by atoms with Crippen LogP contribution in [-0.2, 0) is 95.3 Å². The van der Waals surface area contributed by atoms with Crippen molar-refractivity contribution in [2.24, 2.45) is 71.0 Å². The van der Waals surface area contributed by atoms with Crippen LogP contribution >= 0.6 is 0 Å². The number of hydrogen-bond donors (Lipinski definition) is 7. The Labute approximate surface area is 855 Å². The first-order valence-corrected chi connectivity index (χ1v) is 53.5. The lowest BCUT2D eigenvalue weighted by molar-refractivity contribution is -0.266. The van der Waals surface area contributed by atoms with Gasteiger partial charge >= 0.3 is 11.9 Å². The molecule has 8 aliphatic rings. The number of Topliss-reactive ketones (excluding diaryl/α,β-unsaturated/α-hetero) is 6. The number of amides is 2. The zero-order chi connectivity index (χ0) is 105. The Balaban J connectivity index is 0.000000469. The Morgan fingerprint density at radius 1 is 0.441 bits per heavy atom. The first kappa shape index (κ1) is 127. The van der Waals surface area contributed by atoms with Gasteiger partial charge in [-0.25, -0.2) is 9.59 Å². The average molecular weight is 2020 g/mol. The van der Waals surface area contributed by atoms with Crippen molar-refractivity contribution in [1.29, 1.82) is 0 Å². The number of piperidine rings is 2. The summed E-state index contributed by atoms with van der Waals surface area (Å²) in [5, 5.41) is 76.3. The van der Waals surface area contributed by atoms with Crippen molar-refractivity contribution in [3.05, 3.63) is 95.2 Å². The first-order valence-electron chi connectivity index (χ1n) is 53.5. The second-order valence-electron chi connectivity index (χ2n) is 42.7. The number of allylic oxidation sites excluding steroid dienone is 12. The molecule has 6 fully saturated rings. The Hall–Kier alpha value is -6.78. The lowest BCUT2D eigenvalue weighted by atomic mass is 9.78. The summed E-state index contributed by atoms with van der Waals surface area (Å²) in [5.41, 5.74) is 2.58. The van der Waals surface area contributed by atoms with Crippen LogP contribution in [0, 0.1) is 71.0 Å². The van der Waals surface area contributed by atoms with Crippen LogP contribution < -0.4 is 0 Å². The number of fused-ring (bicyclic) bond motifs is 6. The summed E-state index contributed by atoms with van der Waals surface area (Å²) in [5.74, 6) is -15.9. The molecule has 8 rings (SSSR count). The molecule has 2 unspecified atom stereocenters. The van der Waals surface area contributed by atoms with E-state index in [1.165, 1.54) is 43.3 Å². The Morgan fingerprint density at radius 3 is 1.21 bits per heavy atom. The van der Waals surface area contributed by atoms with Crippen molar-refractivity contribution in [3.63, 3.8) is 0 Å². The molecule has 30 atom stereocenters. The number of methoxy groups -OCH3 is 5. The summed E-state index contributed by atoms with van der Waals surface area (Å²) in [4.78, 5) is 144. The van der Waals surface area contributed by atoms with E-state index in [9.17, 15) is 78.6 Å². The molecule has 4 saturated heterocycles. The lowest BCUT2D eigenvalue weighted by Gasteiger charge is -2.43. The quantitative estimate of drug-likeness (QED) is 0.0243. The van der Waals surface area contributed by atoms with Gasteiger partial charge in [-0.05, 0) is 227 Å². The van der Waals surface area contributed by atoms with Gasteiger partial charge in [-0.15, -0.1) is 0 Å². The highest BCUT2D eigenvalue weighted by Gasteiger charge is 2.56. The van der Waals surface area contributed by atoms with Crippen LogP contribution in [0.3, 0.4) is 0 Å². The maximum atomic E-state index is 14.5. The Kier molecular flexibility index (Phi) is 56.6. The first-order chi connectivity index (χ1) is 67.4. The van der Waals surface area contributed by atoms with Gasteiger partial charge in [0.25, 0.3) is 23.4 Å². The number of rotatable bonds is 21. The van der Waals surface area contributed by atoms with Gasteiger partial charge in [0.1, 0.15) is 60.3 Å². The molecule has 4 bridgehead atoms. The molecule has 2 saturated carbocycles. The molecule has 0 aromatic heterocycles. The van der Waals surface area contributed by atoms with Crippen LogP contribution in [0.25, 0.3) is 0 Å². The van der Waals surface area contributed by atoms with Gasteiger partial charge in [-0.2, -0.15) is 0 Å². The summed E-state index contributed by atoms with van der Waals surface area (Å²) in [6.07, 6.45) is 31.4. The van der Waals surface area contributed by atoms with E-state index >= 15 is 0 Å². The van der Waals surface area contributed by atoms with Gasteiger partial charge in [-0.1, -0.05) is 202 Å². The van der Waals surface area contributed by atoms with Crippen LogP contribution in [0.2, 0.25) is 0 Å². The minimum atomic E-state index is -2.43. The van der Waals surface area contributed by atoms with Crippen molar-refractivity contribution < 1.29 is 131 Å². The normalized spacial score (nSPS) is 36.4. The topological polar surface area (TPSA) is 411 Å². The van der Waals surface area contributed by atoms with E-state index in [4.69, 9.17) is 52.5 Å². The highest BCUT2D eigenvalue weighted by Crippen LogP contribution is 2.42. The molecule has 7 N–H and O–H groups in total. The molecule has 143 heavy (non-hydrogen) atoms. The molecule has 2 amide bonds. The largest absolute Gasteiger partial charge is 0.460 e. The van der Waals surface area contributed by atoms with Crippen LogP contribution in [0.4, 0.5) is 0 Å². The third-order valence-corrected chi connectivity index (χ3v) is 31.0. The predicted molar refractivity (Wildman–Crippen MR) is 551 cm³/mol.